The van der Waals surface area contributed by atoms with E-state index in [1.54, 1.807) is 31.6 Å². The molecule has 1 aliphatic heterocycles. The van der Waals surface area contributed by atoms with E-state index < -0.39 is 10.0 Å². The Bertz CT molecular complexity index is 943. The van der Waals surface area contributed by atoms with Crippen LogP contribution in [0.2, 0.25) is 0 Å². The smallest absolute Gasteiger partial charge is 0.246 e. The predicted molar refractivity (Wildman–Crippen MR) is 104 cm³/mol. The number of piperazine rings is 1. The molecule has 0 bridgehead atoms. The van der Waals surface area contributed by atoms with Crippen LogP contribution in [-0.4, -0.2) is 64.5 Å². The van der Waals surface area contributed by atoms with E-state index in [4.69, 9.17) is 0 Å². The van der Waals surface area contributed by atoms with Crippen LogP contribution < -0.4 is 0 Å². The summed E-state index contributed by atoms with van der Waals surface area (Å²) in [5.74, 6) is 0.311. The highest BCUT2D eigenvalue weighted by Gasteiger charge is 2.35. The molecule has 2 aromatic heterocycles. The van der Waals surface area contributed by atoms with Gasteiger partial charge in [0.05, 0.1) is 0 Å². The number of sulfonamides is 1. The number of carbonyl (C=O) groups is 1. The first-order chi connectivity index (χ1) is 13.5. The second-order valence-electron chi connectivity index (χ2n) is 7.47. The van der Waals surface area contributed by atoms with Gasteiger partial charge in [-0.2, -0.15) is 9.40 Å². The fourth-order valence-electron chi connectivity index (χ4n) is 4.08. The van der Waals surface area contributed by atoms with Crippen molar-refractivity contribution in [2.24, 2.45) is 13.0 Å². The van der Waals surface area contributed by atoms with Gasteiger partial charge in [0.25, 0.3) is 0 Å². The minimum absolute atomic E-state index is 0.124. The third kappa shape index (κ3) is 3.56. The van der Waals surface area contributed by atoms with Crippen molar-refractivity contribution >= 4 is 15.9 Å². The summed E-state index contributed by atoms with van der Waals surface area (Å²) >= 11 is 0. The number of amides is 1. The molecule has 1 amide bonds. The van der Waals surface area contributed by atoms with Gasteiger partial charge in [-0.25, -0.2) is 8.42 Å². The van der Waals surface area contributed by atoms with Crippen LogP contribution in [0.4, 0.5) is 0 Å². The molecule has 1 aliphatic carbocycles. The van der Waals surface area contributed by atoms with Crippen molar-refractivity contribution in [3.05, 3.63) is 30.7 Å². The largest absolute Gasteiger partial charge is 0.340 e. The second kappa shape index (κ2) is 7.63. The molecule has 150 valence electrons. The van der Waals surface area contributed by atoms with Gasteiger partial charge in [-0.3, -0.25) is 14.5 Å². The number of pyridine rings is 1. The Morgan fingerprint density at radius 1 is 1.14 bits per heavy atom. The third-order valence-electron chi connectivity index (χ3n) is 5.60. The van der Waals surface area contributed by atoms with Crippen molar-refractivity contribution in [2.45, 2.75) is 30.6 Å². The first-order valence-electron chi connectivity index (χ1n) is 9.70. The average molecular weight is 404 g/mol. The zero-order chi connectivity index (χ0) is 19.7. The van der Waals surface area contributed by atoms with Crippen LogP contribution in [-0.2, 0) is 21.9 Å². The molecule has 0 N–H and O–H groups in total. The molecule has 0 aromatic carbocycles. The molecule has 1 saturated heterocycles. The Balaban J connectivity index is 1.52. The Morgan fingerprint density at radius 3 is 2.50 bits per heavy atom. The lowest BCUT2D eigenvalue weighted by atomic mass is 10.1. The summed E-state index contributed by atoms with van der Waals surface area (Å²) in [6.07, 6.45) is 8.93. The lowest BCUT2D eigenvalue weighted by Gasteiger charge is -2.35. The van der Waals surface area contributed by atoms with Gasteiger partial charge in [0.15, 0.2) is 0 Å². The van der Waals surface area contributed by atoms with Crippen molar-refractivity contribution in [3.8, 4) is 11.3 Å². The number of hydrogen-bond donors (Lipinski definition) is 0. The monoisotopic (exact) mass is 403 g/mol. The Kier molecular flexibility index (Phi) is 5.20. The van der Waals surface area contributed by atoms with Gasteiger partial charge in [-0.05, 0) is 25.0 Å². The van der Waals surface area contributed by atoms with Gasteiger partial charge in [-0.15, -0.1) is 0 Å². The second-order valence-corrected chi connectivity index (χ2v) is 9.37. The van der Waals surface area contributed by atoms with Crippen LogP contribution in [0.1, 0.15) is 25.7 Å². The lowest BCUT2D eigenvalue weighted by molar-refractivity contribution is -0.136. The number of nitrogens with zero attached hydrogens (tertiary/aromatic N) is 5. The minimum Gasteiger partial charge on any atom is -0.340 e. The van der Waals surface area contributed by atoms with Gasteiger partial charge in [0, 0.05) is 63.3 Å². The van der Waals surface area contributed by atoms with Gasteiger partial charge in [0.2, 0.25) is 15.9 Å². The zero-order valence-electron chi connectivity index (χ0n) is 16.0. The summed E-state index contributed by atoms with van der Waals surface area (Å²) in [5.41, 5.74) is 1.07. The normalized spacial score (nSPS) is 19.2. The standard InChI is InChI=1S/C19H25N5O3S/c1-22-14-17(18(21-22)16-7-4-8-20-13-16)28(26,27)24-11-9-23(10-12-24)19(25)15-5-2-3-6-15/h4,7-8,13-15H,2-3,5-6,9-12H2,1H3. The molecule has 0 atom stereocenters. The van der Waals surface area contributed by atoms with E-state index in [-0.39, 0.29) is 16.7 Å². The molecule has 1 saturated carbocycles. The van der Waals surface area contributed by atoms with Crippen LogP contribution in [0.25, 0.3) is 11.3 Å². The van der Waals surface area contributed by atoms with E-state index in [1.165, 1.54) is 15.2 Å². The van der Waals surface area contributed by atoms with Crippen molar-refractivity contribution in [1.82, 2.24) is 24.0 Å². The molecule has 4 rings (SSSR count). The van der Waals surface area contributed by atoms with E-state index in [0.717, 1.165) is 25.7 Å². The quantitative estimate of drug-likeness (QED) is 0.772. The first-order valence-corrected chi connectivity index (χ1v) is 11.1. The maximum atomic E-state index is 13.3. The molecular weight excluding hydrogens is 378 g/mol. The summed E-state index contributed by atoms with van der Waals surface area (Å²) in [7, 11) is -2.00. The molecule has 8 nitrogen and oxygen atoms in total. The molecular formula is C19H25N5O3S. The molecule has 0 spiro atoms. The van der Waals surface area contributed by atoms with Crippen LogP contribution in [0.15, 0.2) is 35.6 Å². The van der Waals surface area contributed by atoms with Crippen LogP contribution >= 0.6 is 0 Å². The lowest BCUT2D eigenvalue weighted by Crippen LogP contribution is -2.51. The Morgan fingerprint density at radius 2 is 1.86 bits per heavy atom. The van der Waals surface area contributed by atoms with Crippen LogP contribution in [0.5, 0.6) is 0 Å². The van der Waals surface area contributed by atoms with E-state index >= 15 is 0 Å². The molecule has 2 aliphatic rings. The van der Waals surface area contributed by atoms with Crippen LogP contribution in [0, 0.1) is 5.92 Å². The first kappa shape index (κ1) is 19.1. The summed E-state index contributed by atoms with van der Waals surface area (Å²) in [6.45, 7) is 1.50. The number of aryl methyl sites for hydroxylation is 1. The fourth-order valence-corrected chi connectivity index (χ4v) is 5.69. The zero-order valence-corrected chi connectivity index (χ0v) is 16.8. The highest BCUT2D eigenvalue weighted by molar-refractivity contribution is 7.89. The van der Waals surface area contributed by atoms with Gasteiger partial charge < -0.3 is 4.90 Å². The van der Waals surface area contributed by atoms with E-state index in [1.807, 2.05) is 4.90 Å². The molecule has 0 radical (unpaired) electrons. The maximum Gasteiger partial charge on any atom is 0.246 e. The number of rotatable bonds is 4. The maximum absolute atomic E-state index is 13.3. The van der Waals surface area contributed by atoms with Gasteiger partial charge >= 0.3 is 0 Å². The molecule has 3 heterocycles. The van der Waals surface area contributed by atoms with Crippen molar-refractivity contribution in [2.75, 3.05) is 26.2 Å². The van der Waals surface area contributed by atoms with Crippen molar-refractivity contribution < 1.29 is 13.2 Å². The fraction of sp³-hybridized carbons (Fsp3) is 0.526. The Hall–Kier alpha value is -2.26. The molecule has 2 fully saturated rings. The molecule has 28 heavy (non-hydrogen) atoms. The van der Waals surface area contributed by atoms with Crippen molar-refractivity contribution in [1.29, 1.82) is 0 Å². The Labute approximate surface area is 165 Å². The molecule has 0 unspecified atom stereocenters. The average Bonchev–Trinajstić information content (AvgIpc) is 3.38. The van der Waals surface area contributed by atoms with Gasteiger partial charge in [0.1, 0.15) is 10.6 Å². The SMILES string of the molecule is Cn1cc(S(=O)(=O)N2CCN(C(=O)C3CCCC3)CC2)c(-c2cccnc2)n1. The van der Waals surface area contributed by atoms with Gasteiger partial charge in [-0.1, -0.05) is 12.8 Å². The highest BCUT2D eigenvalue weighted by Crippen LogP contribution is 2.30. The topological polar surface area (TPSA) is 88.4 Å². The van der Waals surface area contributed by atoms with Crippen molar-refractivity contribution in [3.63, 3.8) is 0 Å². The van der Waals surface area contributed by atoms with E-state index in [9.17, 15) is 13.2 Å². The van der Waals surface area contributed by atoms with E-state index in [2.05, 4.69) is 10.1 Å². The molecule has 9 heteroatoms. The number of aromatic nitrogens is 3. The highest BCUT2D eigenvalue weighted by atomic mass is 32.2. The number of hydrogen-bond acceptors (Lipinski definition) is 5. The summed E-state index contributed by atoms with van der Waals surface area (Å²) in [5, 5.41) is 4.34. The summed E-state index contributed by atoms with van der Waals surface area (Å²) < 4.78 is 29.5. The number of carbonyl (C=O) groups excluding carboxylic acids is 1. The van der Waals surface area contributed by atoms with E-state index in [0.29, 0.717) is 37.4 Å². The third-order valence-corrected chi connectivity index (χ3v) is 7.50. The predicted octanol–water partition coefficient (Wildman–Crippen LogP) is 1.51. The minimum atomic E-state index is -3.70. The summed E-state index contributed by atoms with van der Waals surface area (Å²) in [4.78, 5) is 18.7. The van der Waals surface area contributed by atoms with Crippen LogP contribution in [0.3, 0.4) is 0 Å². The molecule has 2 aromatic rings. The summed E-state index contributed by atoms with van der Waals surface area (Å²) in [6, 6.07) is 3.56.